The van der Waals surface area contributed by atoms with E-state index in [2.05, 4.69) is 0 Å². The van der Waals surface area contributed by atoms with Crippen molar-refractivity contribution in [3.8, 4) is 0 Å². The molecule has 3 atom stereocenters. The van der Waals surface area contributed by atoms with Gasteiger partial charge in [-0.2, -0.15) is 0 Å². The molecule has 1 aromatic rings. The number of esters is 1. The first-order valence-electron chi connectivity index (χ1n) is 6.40. The van der Waals surface area contributed by atoms with Gasteiger partial charge in [-0.05, 0) is 24.6 Å². The molecule has 6 heteroatoms. The van der Waals surface area contributed by atoms with Crippen LogP contribution in [0.15, 0.2) is 24.3 Å². The van der Waals surface area contributed by atoms with Crippen LogP contribution in [0.25, 0.3) is 0 Å². The Morgan fingerprint density at radius 1 is 1.50 bits per heavy atom. The number of thioether (sulfide) groups is 1. The second-order valence-electron chi connectivity index (χ2n) is 4.72. The van der Waals surface area contributed by atoms with E-state index in [1.54, 1.807) is 19.1 Å². The van der Waals surface area contributed by atoms with E-state index in [-0.39, 0.29) is 30.0 Å². The molecule has 0 aromatic heterocycles. The number of benzene rings is 1. The summed E-state index contributed by atoms with van der Waals surface area (Å²) in [5, 5.41) is 19.8. The first-order chi connectivity index (χ1) is 9.52. The largest absolute Gasteiger partial charge is 0.464 e. The minimum absolute atomic E-state index is 0.152. The molecular weight excluding hydrogens is 283 g/mol. The Labute approximate surface area is 120 Å². The summed E-state index contributed by atoms with van der Waals surface area (Å²) in [5.41, 5.74) is -0.926. The zero-order valence-electron chi connectivity index (χ0n) is 11.1. The molecule has 2 N–H and O–H groups in total. The van der Waals surface area contributed by atoms with Crippen molar-refractivity contribution in [2.45, 2.75) is 17.8 Å². The van der Waals surface area contributed by atoms with Gasteiger partial charge in [-0.15, -0.1) is 11.8 Å². The number of rotatable bonds is 4. The Morgan fingerprint density at radius 2 is 2.15 bits per heavy atom. The molecule has 0 unspecified atom stereocenters. The second-order valence-corrected chi connectivity index (χ2v) is 5.85. The van der Waals surface area contributed by atoms with Crippen molar-refractivity contribution in [1.29, 1.82) is 0 Å². The van der Waals surface area contributed by atoms with Crippen LogP contribution < -0.4 is 0 Å². The molecule has 0 radical (unpaired) electrons. The number of carbonyl (C=O) groups excluding carboxylic acids is 1. The van der Waals surface area contributed by atoms with Crippen LogP contribution in [0.4, 0.5) is 4.39 Å². The van der Waals surface area contributed by atoms with Crippen LogP contribution in [-0.4, -0.2) is 40.8 Å². The quantitative estimate of drug-likeness (QED) is 0.825. The lowest BCUT2D eigenvalue weighted by atomic mass is 9.84. The van der Waals surface area contributed by atoms with E-state index in [1.807, 2.05) is 0 Å². The van der Waals surface area contributed by atoms with Crippen LogP contribution in [0.2, 0.25) is 0 Å². The third-order valence-corrected chi connectivity index (χ3v) is 5.05. The van der Waals surface area contributed by atoms with Crippen molar-refractivity contribution in [3.63, 3.8) is 0 Å². The zero-order chi connectivity index (χ0) is 14.8. The fourth-order valence-electron chi connectivity index (χ4n) is 2.38. The van der Waals surface area contributed by atoms with E-state index < -0.39 is 17.5 Å². The summed E-state index contributed by atoms with van der Waals surface area (Å²) >= 11 is 1.36. The number of aliphatic hydroxyl groups is 2. The predicted octanol–water partition coefficient (Wildman–Crippen LogP) is 1.52. The smallest absolute Gasteiger partial charge is 0.339 e. The molecule has 0 saturated carbocycles. The maximum absolute atomic E-state index is 13.0. The highest BCUT2D eigenvalue weighted by molar-refractivity contribution is 7.99. The number of aliphatic hydroxyl groups excluding tert-OH is 1. The van der Waals surface area contributed by atoms with Gasteiger partial charge in [0, 0.05) is 16.9 Å². The van der Waals surface area contributed by atoms with Crippen LogP contribution >= 0.6 is 11.8 Å². The summed E-state index contributed by atoms with van der Waals surface area (Å²) in [6.07, 6.45) is 0. The van der Waals surface area contributed by atoms with Crippen LogP contribution in [0, 0.1) is 11.7 Å². The van der Waals surface area contributed by atoms with Gasteiger partial charge in [0.25, 0.3) is 0 Å². The fraction of sp³-hybridized carbons (Fsp3) is 0.500. The molecule has 0 bridgehead atoms. The molecule has 20 heavy (non-hydrogen) atoms. The van der Waals surface area contributed by atoms with Gasteiger partial charge in [0.05, 0.1) is 13.2 Å². The fourth-order valence-corrected chi connectivity index (χ4v) is 4.04. The van der Waals surface area contributed by atoms with Crippen molar-refractivity contribution >= 4 is 17.7 Å². The molecule has 0 spiro atoms. The second kappa shape index (κ2) is 6.11. The molecule has 1 heterocycles. The number of halogens is 1. The number of hydrogen-bond acceptors (Lipinski definition) is 5. The summed E-state index contributed by atoms with van der Waals surface area (Å²) < 4.78 is 17.8. The summed E-state index contributed by atoms with van der Waals surface area (Å²) in [5.74, 6) is -1.58. The van der Waals surface area contributed by atoms with E-state index >= 15 is 0 Å². The van der Waals surface area contributed by atoms with E-state index in [1.165, 1.54) is 23.9 Å². The number of hydrogen-bond donors (Lipinski definition) is 2. The third kappa shape index (κ3) is 2.68. The van der Waals surface area contributed by atoms with E-state index in [4.69, 9.17) is 4.74 Å². The predicted molar refractivity (Wildman–Crippen MR) is 73.8 cm³/mol. The zero-order valence-corrected chi connectivity index (χ0v) is 11.9. The SMILES string of the molecule is CCOC(=O)[C@]1(O)CS[C@H](c2ccc(F)cc2)[C@H]1CO. The van der Waals surface area contributed by atoms with E-state index in [0.717, 1.165) is 5.56 Å². The lowest BCUT2D eigenvalue weighted by molar-refractivity contribution is -0.169. The third-order valence-electron chi connectivity index (χ3n) is 3.49. The van der Waals surface area contributed by atoms with Crippen LogP contribution in [0.3, 0.4) is 0 Å². The van der Waals surface area contributed by atoms with Gasteiger partial charge in [-0.3, -0.25) is 0 Å². The van der Waals surface area contributed by atoms with Gasteiger partial charge in [-0.25, -0.2) is 9.18 Å². The average Bonchev–Trinajstić information content (AvgIpc) is 2.78. The number of ether oxygens (including phenoxy) is 1. The molecule has 2 rings (SSSR count). The van der Waals surface area contributed by atoms with Crippen molar-refractivity contribution in [1.82, 2.24) is 0 Å². The maximum atomic E-state index is 13.0. The Balaban J connectivity index is 2.25. The first kappa shape index (κ1) is 15.3. The normalized spacial score (nSPS) is 29.4. The summed E-state index contributed by atoms with van der Waals surface area (Å²) in [4.78, 5) is 11.9. The van der Waals surface area contributed by atoms with Gasteiger partial charge in [-0.1, -0.05) is 12.1 Å². The molecule has 1 aliphatic heterocycles. The highest BCUT2D eigenvalue weighted by atomic mass is 32.2. The monoisotopic (exact) mass is 300 g/mol. The van der Waals surface area contributed by atoms with Gasteiger partial charge in [0.1, 0.15) is 5.82 Å². The lowest BCUT2D eigenvalue weighted by Gasteiger charge is -2.28. The number of carbonyl (C=O) groups is 1. The van der Waals surface area contributed by atoms with Crippen molar-refractivity contribution in [3.05, 3.63) is 35.6 Å². The Morgan fingerprint density at radius 3 is 2.70 bits per heavy atom. The van der Waals surface area contributed by atoms with Crippen molar-refractivity contribution in [2.24, 2.45) is 5.92 Å². The molecule has 110 valence electrons. The van der Waals surface area contributed by atoms with Crippen molar-refractivity contribution < 1.29 is 24.1 Å². The topological polar surface area (TPSA) is 66.8 Å². The summed E-state index contributed by atoms with van der Waals surface area (Å²) in [6.45, 7) is 1.49. The first-order valence-corrected chi connectivity index (χ1v) is 7.45. The maximum Gasteiger partial charge on any atom is 0.339 e. The summed E-state index contributed by atoms with van der Waals surface area (Å²) in [6, 6.07) is 5.86. The molecule has 0 aliphatic carbocycles. The highest BCUT2D eigenvalue weighted by Gasteiger charge is 2.54. The minimum Gasteiger partial charge on any atom is -0.464 e. The van der Waals surface area contributed by atoms with Gasteiger partial charge < -0.3 is 14.9 Å². The molecule has 1 fully saturated rings. The Kier molecular flexibility index (Phi) is 4.67. The van der Waals surface area contributed by atoms with E-state index in [0.29, 0.717) is 0 Å². The van der Waals surface area contributed by atoms with Gasteiger partial charge >= 0.3 is 5.97 Å². The Hall–Kier alpha value is -1.11. The molecule has 1 aliphatic rings. The van der Waals surface area contributed by atoms with Crippen LogP contribution in [0.1, 0.15) is 17.7 Å². The van der Waals surface area contributed by atoms with E-state index in [9.17, 15) is 19.4 Å². The average molecular weight is 300 g/mol. The standard InChI is InChI=1S/C14H17FO4S/c1-2-19-13(17)14(18)8-20-12(11(14)7-16)9-3-5-10(15)6-4-9/h3-6,11-12,16,18H,2,7-8H2,1H3/t11-,12-,14+/m1/s1. The summed E-state index contributed by atoms with van der Waals surface area (Å²) in [7, 11) is 0. The van der Waals surface area contributed by atoms with Crippen LogP contribution in [0.5, 0.6) is 0 Å². The Bertz CT molecular complexity index is 479. The van der Waals surface area contributed by atoms with Crippen LogP contribution in [-0.2, 0) is 9.53 Å². The molecule has 0 amide bonds. The molecular formula is C14H17FO4S. The lowest BCUT2D eigenvalue weighted by Crippen LogP contribution is -2.48. The molecule has 1 aromatic carbocycles. The highest BCUT2D eigenvalue weighted by Crippen LogP contribution is 2.50. The van der Waals surface area contributed by atoms with Crippen molar-refractivity contribution in [2.75, 3.05) is 19.0 Å². The molecule has 4 nitrogen and oxygen atoms in total. The minimum atomic E-state index is -1.70. The van der Waals surface area contributed by atoms with Gasteiger partial charge in [0.15, 0.2) is 5.60 Å². The molecule has 1 saturated heterocycles. The van der Waals surface area contributed by atoms with Gasteiger partial charge in [0.2, 0.25) is 0 Å².